The number of carbonyl (C=O) groups excluding carboxylic acids is 1. The molecule has 1 aromatic heterocycles. The first-order valence-corrected chi connectivity index (χ1v) is 10.1. The zero-order valence-electron chi connectivity index (χ0n) is 16.8. The van der Waals surface area contributed by atoms with Crippen LogP contribution in [0.25, 0.3) is 10.9 Å². The molecule has 0 aliphatic carbocycles. The van der Waals surface area contributed by atoms with Crippen LogP contribution in [0.2, 0.25) is 0 Å². The highest BCUT2D eigenvalue weighted by atomic mass is 16.5. The van der Waals surface area contributed by atoms with Crippen LogP contribution in [0.15, 0.2) is 48.7 Å². The third-order valence-corrected chi connectivity index (χ3v) is 4.96. The van der Waals surface area contributed by atoms with Gasteiger partial charge in [0.25, 0.3) is 0 Å². The highest BCUT2D eigenvalue weighted by molar-refractivity contribution is 5.92. The van der Waals surface area contributed by atoms with Crippen molar-refractivity contribution < 1.29 is 14.6 Å². The molecule has 4 N–H and O–H groups in total. The second-order valence-corrected chi connectivity index (χ2v) is 7.10. The lowest BCUT2D eigenvalue weighted by Gasteiger charge is -2.09. The van der Waals surface area contributed by atoms with Crippen LogP contribution in [0.1, 0.15) is 31.2 Å². The van der Waals surface area contributed by atoms with Gasteiger partial charge in [-0.3, -0.25) is 4.79 Å². The Morgan fingerprint density at radius 2 is 1.97 bits per heavy atom. The van der Waals surface area contributed by atoms with E-state index in [-0.39, 0.29) is 5.91 Å². The van der Waals surface area contributed by atoms with Gasteiger partial charge in [0.1, 0.15) is 11.5 Å². The summed E-state index contributed by atoms with van der Waals surface area (Å²) >= 11 is 0. The Morgan fingerprint density at radius 3 is 2.83 bits per heavy atom. The molecular weight excluding hydrogens is 366 g/mol. The molecule has 0 unspecified atom stereocenters. The lowest BCUT2D eigenvalue weighted by Crippen LogP contribution is -2.18. The first-order valence-electron chi connectivity index (χ1n) is 10.1. The number of unbranched alkanes of at least 4 members (excludes halogenated alkanes) is 2. The number of nitrogens with one attached hydrogen (secondary N) is 3. The number of rotatable bonds is 11. The van der Waals surface area contributed by atoms with E-state index >= 15 is 0 Å². The number of aromatic nitrogens is 1. The summed E-state index contributed by atoms with van der Waals surface area (Å²) in [5.74, 6) is 0.988. The average molecular weight is 396 g/mol. The van der Waals surface area contributed by atoms with Crippen LogP contribution in [-0.2, 0) is 11.2 Å². The van der Waals surface area contributed by atoms with Crippen LogP contribution in [-0.4, -0.2) is 36.2 Å². The predicted octanol–water partition coefficient (Wildman–Crippen LogP) is 4.21. The highest BCUT2D eigenvalue weighted by Gasteiger charge is 2.07. The summed E-state index contributed by atoms with van der Waals surface area (Å²) in [5, 5.41) is 17.1. The summed E-state index contributed by atoms with van der Waals surface area (Å²) < 4.78 is 5.25. The Hall–Kier alpha value is -2.99. The standard InChI is InChI=1S/C23H29N3O3/c1-29-22-8-5-4-7-21(22)26-23(28)9-3-2-6-13-24-14-12-17-16-25-20-11-10-18(27)15-19(17)20/h4-5,7-8,10-11,15-16,24-25,27H,2-3,6,9,12-14H2,1H3,(H,26,28). The van der Waals surface area contributed by atoms with Gasteiger partial charge in [0.2, 0.25) is 5.91 Å². The van der Waals surface area contributed by atoms with Gasteiger partial charge in [-0.05, 0) is 68.2 Å². The number of hydrogen-bond acceptors (Lipinski definition) is 4. The van der Waals surface area contributed by atoms with Gasteiger partial charge in [0.05, 0.1) is 12.8 Å². The number of phenols is 1. The monoisotopic (exact) mass is 395 g/mol. The Kier molecular flexibility index (Phi) is 7.53. The summed E-state index contributed by atoms with van der Waals surface area (Å²) in [5.41, 5.74) is 2.97. The molecule has 0 spiro atoms. The second-order valence-electron chi connectivity index (χ2n) is 7.10. The van der Waals surface area contributed by atoms with Crippen LogP contribution >= 0.6 is 0 Å². The van der Waals surface area contributed by atoms with Crippen LogP contribution in [0, 0.1) is 0 Å². The summed E-state index contributed by atoms with van der Waals surface area (Å²) in [4.78, 5) is 15.3. The van der Waals surface area contributed by atoms with Gasteiger partial charge >= 0.3 is 0 Å². The fourth-order valence-corrected chi connectivity index (χ4v) is 3.39. The van der Waals surface area contributed by atoms with Crippen molar-refractivity contribution in [3.8, 4) is 11.5 Å². The van der Waals surface area contributed by atoms with Crippen molar-refractivity contribution in [3.05, 3.63) is 54.2 Å². The summed E-state index contributed by atoms with van der Waals surface area (Å²) in [7, 11) is 1.60. The fraction of sp³-hybridized carbons (Fsp3) is 0.348. The Bertz CT molecular complexity index is 936. The number of anilines is 1. The number of para-hydroxylation sites is 2. The number of carbonyl (C=O) groups is 1. The maximum atomic E-state index is 12.1. The molecule has 0 aliphatic rings. The SMILES string of the molecule is COc1ccccc1NC(=O)CCCCCNCCc1c[nH]c2ccc(O)cc12. The van der Waals surface area contributed by atoms with Crippen molar-refractivity contribution >= 4 is 22.5 Å². The van der Waals surface area contributed by atoms with E-state index in [9.17, 15) is 9.90 Å². The number of aromatic amines is 1. The third-order valence-electron chi connectivity index (χ3n) is 4.96. The molecular formula is C23H29N3O3. The normalized spacial score (nSPS) is 10.9. The largest absolute Gasteiger partial charge is 0.508 e. The number of fused-ring (bicyclic) bond motifs is 1. The molecule has 3 aromatic rings. The summed E-state index contributed by atoms with van der Waals surface area (Å²) in [6.07, 6.45) is 6.34. The van der Waals surface area contributed by atoms with Gasteiger partial charge in [-0.1, -0.05) is 18.6 Å². The highest BCUT2D eigenvalue weighted by Crippen LogP contribution is 2.24. The van der Waals surface area contributed by atoms with Crippen molar-refractivity contribution in [1.82, 2.24) is 10.3 Å². The maximum absolute atomic E-state index is 12.1. The molecule has 0 radical (unpaired) electrons. The van der Waals surface area contributed by atoms with Gasteiger partial charge in [-0.2, -0.15) is 0 Å². The predicted molar refractivity (Wildman–Crippen MR) is 117 cm³/mol. The molecule has 0 atom stereocenters. The van der Waals surface area contributed by atoms with Crippen molar-refractivity contribution in [3.63, 3.8) is 0 Å². The number of benzene rings is 2. The number of H-pyrrole nitrogens is 1. The zero-order chi connectivity index (χ0) is 20.5. The molecule has 1 amide bonds. The molecule has 6 heteroatoms. The first kappa shape index (κ1) is 20.7. The molecule has 0 fully saturated rings. The maximum Gasteiger partial charge on any atom is 0.224 e. The zero-order valence-corrected chi connectivity index (χ0v) is 16.8. The summed E-state index contributed by atoms with van der Waals surface area (Å²) in [6.45, 7) is 1.82. The van der Waals surface area contributed by atoms with E-state index in [1.807, 2.05) is 36.5 Å². The Balaban J connectivity index is 1.27. The van der Waals surface area contributed by atoms with Crippen molar-refractivity contribution in [2.75, 3.05) is 25.5 Å². The van der Waals surface area contributed by atoms with Crippen molar-refractivity contribution in [1.29, 1.82) is 0 Å². The molecule has 3 rings (SSSR count). The molecule has 0 aliphatic heterocycles. The number of hydrogen-bond donors (Lipinski definition) is 4. The molecule has 154 valence electrons. The molecule has 29 heavy (non-hydrogen) atoms. The lowest BCUT2D eigenvalue weighted by atomic mass is 10.1. The number of ether oxygens (including phenoxy) is 1. The van der Waals surface area contributed by atoms with Crippen molar-refractivity contribution in [2.24, 2.45) is 0 Å². The number of amides is 1. The number of phenolic OH excluding ortho intramolecular Hbond substituents is 1. The van der Waals surface area contributed by atoms with Gasteiger partial charge in [0.15, 0.2) is 0 Å². The molecule has 0 bridgehead atoms. The van der Waals surface area contributed by atoms with E-state index < -0.39 is 0 Å². The Morgan fingerprint density at radius 1 is 1.10 bits per heavy atom. The van der Waals surface area contributed by atoms with Crippen LogP contribution in [0.5, 0.6) is 11.5 Å². The van der Waals surface area contributed by atoms with Gasteiger partial charge < -0.3 is 25.5 Å². The number of methoxy groups -OCH3 is 1. The van der Waals surface area contributed by atoms with Gasteiger partial charge in [-0.15, -0.1) is 0 Å². The van der Waals surface area contributed by atoms with Crippen LogP contribution < -0.4 is 15.4 Å². The quantitative estimate of drug-likeness (QED) is 0.366. The van der Waals surface area contributed by atoms with E-state index in [2.05, 4.69) is 15.6 Å². The minimum Gasteiger partial charge on any atom is -0.508 e. The van der Waals surface area contributed by atoms with Gasteiger partial charge in [0, 0.05) is 23.5 Å². The molecule has 0 saturated heterocycles. The van der Waals surface area contributed by atoms with Crippen LogP contribution in [0.3, 0.4) is 0 Å². The number of aromatic hydroxyl groups is 1. The van der Waals surface area contributed by atoms with E-state index in [4.69, 9.17) is 4.74 Å². The topological polar surface area (TPSA) is 86.4 Å². The Labute approximate surface area is 171 Å². The van der Waals surface area contributed by atoms with E-state index in [0.29, 0.717) is 23.6 Å². The van der Waals surface area contributed by atoms with Crippen LogP contribution in [0.4, 0.5) is 5.69 Å². The summed E-state index contributed by atoms with van der Waals surface area (Å²) in [6, 6.07) is 12.8. The molecule has 1 heterocycles. The van der Waals surface area contributed by atoms with E-state index in [1.165, 1.54) is 5.56 Å². The lowest BCUT2D eigenvalue weighted by molar-refractivity contribution is -0.116. The molecule has 6 nitrogen and oxygen atoms in total. The molecule has 2 aromatic carbocycles. The van der Waals surface area contributed by atoms with E-state index in [0.717, 1.165) is 49.7 Å². The second kappa shape index (κ2) is 10.5. The minimum absolute atomic E-state index is 0.0186. The smallest absolute Gasteiger partial charge is 0.224 e. The molecule has 0 saturated carbocycles. The fourth-order valence-electron chi connectivity index (χ4n) is 3.39. The van der Waals surface area contributed by atoms with Crippen molar-refractivity contribution in [2.45, 2.75) is 32.1 Å². The van der Waals surface area contributed by atoms with E-state index in [1.54, 1.807) is 19.2 Å². The minimum atomic E-state index is 0.0186. The third kappa shape index (κ3) is 5.99. The first-order chi connectivity index (χ1) is 14.2. The van der Waals surface area contributed by atoms with Gasteiger partial charge in [-0.25, -0.2) is 0 Å². The average Bonchev–Trinajstić information content (AvgIpc) is 3.12.